The Morgan fingerprint density at radius 1 is 1.26 bits per heavy atom. The van der Waals surface area contributed by atoms with E-state index in [1.165, 1.54) is 19.1 Å². The van der Waals surface area contributed by atoms with Crippen molar-refractivity contribution in [3.05, 3.63) is 34.9 Å². The minimum absolute atomic E-state index is 0.145. The molecule has 0 saturated carbocycles. The summed E-state index contributed by atoms with van der Waals surface area (Å²) in [4.78, 5) is 26.5. The average Bonchev–Trinajstić information content (AvgIpc) is 2.59. The Morgan fingerprint density at radius 2 is 1.85 bits per heavy atom. The van der Waals surface area contributed by atoms with E-state index in [9.17, 15) is 18.0 Å². The molecule has 0 unspecified atom stereocenters. The van der Waals surface area contributed by atoms with Gasteiger partial charge in [-0.15, -0.1) is 0 Å². The van der Waals surface area contributed by atoms with Crippen molar-refractivity contribution >= 4 is 33.4 Å². The molecule has 2 amide bonds. The summed E-state index contributed by atoms with van der Waals surface area (Å²) in [6.45, 7) is 2.04. The summed E-state index contributed by atoms with van der Waals surface area (Å²) >= 11 is 5.88. The fourth-order valence-corrected chi connectivity index (χ4v) is 2.66. The molecule has 0 aliphatic carbocycles. The SMILES string of the molecule is COCCNC(=O)[C@@H](C)N(Cc1ccc(Cl)cc1)C(=O)CN(C)S(C)(=O)=O. The van der Waals surface area contributed by atoms with Gasteiger partial charge in [0.2, 0.25) is 21.8 Å². The van der Waals surface area contributed by atoms with Gasteiger partial charge in [-0.1, -0.05) is 23.7 Å². The molecular weight excluding hydrogens is 394 g/mol. The number of rotatable bonds is 10. The molecule has 10 heteroatoms. The maximum atomic E-state index is 12.7. The molecule has 27 heavy (non-hydrogen) atoms. The number of hydrogen-bond donors (Lipinski definition) is 1. The maximum Gasteiger partial charge on any atom is 0.242 e. The summed E-state index contributed by atoms with van der Waals surface area (Å²) in [6.07, 6.45) is 1.02. The van der Waals surface area contributed by atoms with Crippen molar-refractivity contribution in [1.29, 1.82) is 0 Å². The van der Waals surface area contributed by atoms with Crippen LogP contribution in [0.3, 0.4) is 0 Å². The highest BCUT2D eigenvalue weighted by atomic mass is 35.5. The van der Waals surface area contributed by atoms with Crippen molar-refractivity contribution in [1.82, 2.24) is 14.5 Å². The van der Waals surface area contributed by atoms with Crippen LogP contribution in [0.4, 0.5) is 0 Å². The lowest BCUT2D eigenvalue weighted by molar-refractivity contribution is -0.140. The van der Waals surface area contributed by atoms with E-state index in [4.69, 9.17) is 16.3 Å². The topological polar surface area (TPSA) is 96.0 Å². The predicted octanol–water partition coefficient (Wildman–Crippen LogP) is 0.711. The molecule has 1 aromatic rings. The molecule has 0 heterocycles. The largest absolute Gasteiger partial charge is 0.383 e. The molecule has 152 valence electrons. The number of halogens is 1. The number of ether oxygens (including phenoxy) is 1. The van der Waals surface area contributed by atoms with Crippen LogP contribution in [0, 0.1) is 0 Å². The Morgan fingerprint density at radius 3 is 2.37 bits per heavy atom. The first-order valence-corrected chi connectivity index (χ1v) is 10.5. The highest BCUT2D eigenvalue weighted by molar-refractivity contribution is 7.88. The quantitative estimate of drug-likeness (QED) is 0.563. The lowest BCUT2D eigenvalue weighted by atomic mass is 10.1. The summed E-state index contributed by atoms with van der Waals surface area (Å²) in [6, 6.07) is 6.08. The fraction of sp³-hybridized carbons (Fsp3) is 0.529. The number of nitrogens with one attached hydrogen (secondary N) is 1. The zero-order valence-electron chi connectivity index (χ0n) is 15.9. The van der Waals surface area contributed by atoms with Crippen molar-refractivity contribution in [2.24, 2.45) is 0 Å². The standard InChI is InChI=1S/C17H26ClN3O5S/c1-13(17(23)19-9-10-26-3)21(11-14-5-7-15(18)8-6-14)16(22)12-20(2)27(4,24)25/h5-8,13H,9-12H2,1-4H3,(H,19,23)/t13-/m1/s1. The Hall–Kier alpha value is -1.68. The third-order valence-electron chi connectivity index (χ3n) is 3.96. The van der Waals surface area contributed by atoms with Crippen LogP contribution >= 0.6 is 11.6 Å². The van der Waals surface area contributed by atoms with Crippen molar-refractivity contribution in [3.8, 4) is 0 Å². The molecule has 1 aromatic carbocycles. The third kappa shape index (κ3) is 7.84. The van der Waals surface area contributed by atoms with Crippen LogP contribution in [0.25, 0.3) is 0 Å². The van der Waals surface area contributed by atoms with Gasteiger partial charge in [-0.2, -0.15) is 4.31 Å². The second kappa shape index (κ2) is 10.6. The van der Waals surface area contributed by atoms with Crippen molar-refractivity contribution in [2.75, 3.05) is 40.1 Å². The fourth-order valence-electron chi connectivity index (χ4n) is 2.19. The van der Waals surface area contributed by atoms with E-state index in [0.717, 1.165) is 16.1 Å². The van der Waals surface area contributed by atoms with E-state index in [0.29, 0.717) is 18.2 Å². The van der Waals surface area contributed by atoms with E-state index in [2.05, 4.69) is 5.32 Å². The van der Waals surface area contributed by atoms with Gasteiger partial charge in [0.05, 0.1) is 19.4 Å². The van der Waals surface area contributed by atoms with Gasteiger partial charge in [0.15, 0.2) is 0 Å². The zero-order valence-corrected chi connectivity index (χ0v) is 17.5. The summed E-state index contributed by atoms with van der Waals surface area (Å²) in [5, 5.41) is 3.24. The molecule has 0 aliphatic rings. The summed E-state index contributed by atoms with van der Waals surface area (Å²) in [5.74, 6) is -0.830. The second-order valence-electron chi connectivity index (χ2n) is 6.13. The molecule has 0 bridgehead atoms. The van der Waals surface area contributed by atoms with E-state index in [1.807, 2.05) is 0 Å². The van der Waals surface area contributed by atoms with Crippen LogP contribution in [0.15, 0.2) is 24.3 Å². The summed E-state index contributed by atoms with van der Waals surface area (Å²) in [7, 11) is -0.685. The Bertz CT molecular complexity index is 739. The number of benzene rings is 1. The van der Waals surface area contributed by atoms with Crippen LogP contribution in [0.5, 0.6) is 0 Å². The van der Waals surface area contributed by atoms with Crippen LogP contribution < -0.4 is 5.32 Å². The lowest BCUT2D eigenvalue weighted by Gasteiger charge is -2.30. The van der Waals surface area contributed by atoms with Crippen molar-refractivity contribution in [2.45, 2.75) is 19.5 Å². The molecule has 0 aliphatic heterocycles. The number of likely N-dealkylation sites (N-methyl/N-ethyl adjacent to an activating group) is 1. The minimum atomic E-state index is -3.52. The number of nitrogens with zero attached hydrogens (tertiary/aromatic N) is 2. The molecule has 8 nitrogen and oxygen atoms in total. The minimum Gasteiger partial charge on any atom is -0.383 e. The lowest BCUT2D eigenvalue weighted by Crippen LogP contribution is -2.50. The van der Waals surface area contributed by atoms with Crippen LogP contribution in [-0.4, -0.2) is 75.6 Å². The Labute approximate surface area is 165 Å². The van der Waals surface area contributed by atoms with E-state index >= 15 is 0 Å². The summed E-state index contributed by atoms with van der Waals surface area (Å²) in [5.41, 5.74) is 0.770. The van der Waals surface area contributed by atoms with Gasteiger partial charge in [-0.25, -0.2) is 8.42 Å². The van der Waals surface area contributed by atoms with Crippen molar-refractivity contribution in [3.63, 3.8) is 0 Å². The van der Waals surface area contributed by atoms with Gasteiger partial charge in [0.1, 0.15) is 6.04 Å². The molecule has 1 rings (SSSR count). The maximum absolute atomic E-state index is 12.7. The number of carbonyl (C=O) groups is 2. The van der Waals surface area contributed by atoms with Crippen LogP contribution in [0.2, 0.25) is 5.02 Å². The molecule has 1 N–H and O–H groups in total. The average molecular weight is 420 g/mol. The molecule has 0 radical (unpaired) electrons. The van der Waals surface area contributed by atoms with Gasteiger partial charge in [0, 0.05) is 32.3 Å². The van der Waals surface area contributed by atoms with Gasteiger partial charge < -0.3 is 15.0 Å². The monoisotopic (exact) mass is 419 g/mol. The molecule has 0 aromatic heterocycles. The molecular formula is C17H26ClN3O5S. The van der Waals surface area contributed by atoms with E-state index in [1.54, 1.807) is 31.2 Å². The highest BCUT2D eigenvalue weighted by Crippen LogP contribution is 2.14. The third-order valence-corrected chi connectivity index (χ3v) is 5.48. The van der Waals surface area contributed by atoms with Crippen LogP contribution in [-0.2, 0) is 30.9 Å². The Balaban J connectivity index is 2.98. The molecule has 0 saturated heterocycles. The van der Waals surface area contributed by atoms with Gasteiger partial charge >= 0.3 is 0 Å². The summed E-state index contributed by atoms with van der Waals surface area (Å²) < 4.78 is 29.1. The van der Waals surface area contributed by atoms with Gasteiger partial charge in [-0.3, -0.25) is 9.59 Å². The predicted molar refractivity (Wildman–Crippen MR) is 104 cm³/mol. The number of sulfonamides is 1. The number of methoxy groups -OCH3 is 1. The number of carbonyl (C=O) groups excluding carboxylic acids is 2. The molecule has 0 fully saturated rings. The van der Waals surface area contributed by atoms with E-state index in [-0.39, 0.29) is 19.0 Å². The van der Waals surface area contributed by atoms with Crippen LogP contribution in [0.1, 0.15) is 12.5 Å². The first-order chi connectivity index (χ1) is 12.6. The second-order valence-corrected chi connectivity index (χ2v) is 8.65. The molecule has 1 atom stereocenters. The smallest absolute Gasteiger partial charge is 0.242 e. The molecule has 0 spiro atoms. The number of hydrogen-bond acceptors (Lipinski definition) is 5. The normalized spacial score (nSPS) is 12.7. The first-order valence-electron chi connectivity index (χ1n) is 8.28. The highest BCUT2D eigenvalue weighted by Gasteiger charge is 2.28. The zero-order chi connectivity index (χ0) is 20.6. The number of amides is 2. The van der Waals surface area contributed by atoms with Gasteiger partial charge in [-0.05, 0) is 24.6 Å². The van der Waals surface area contributed by atoms with Crippen molar-refractivity contribution < 1.29 is 22.7 Å². The Kier molecular flexibility index (Phi) is 9.17. The van der Waals surface area contributed by atoms with Gasteiger partial charge in [0.25, 0.3) is 0 Å². The first kappa shape index (κ1) is 23.4. The van der Waals surface area contributed by atoms with E-state index < -0.39 is 22.0 Å².